The molecule has 0 N–H and O–H groups in total. The first kappa shape index (κ1) is 17.7. The van der Waals surface area contributed by atoms with E-state index in [-0.39, 0.29) is 17.7 Å². The van der Waals surface area contributed by atoms with E-state index in [2.05, 4.69) is 12.1 Å². The Kier molecular flexibility index (Phi) is 4.39. The highest BCUT2D eigenvalue weighted by atomic mass is 16.5. The quantitative estimate of drug-likeness (QED) is 0.582. The summed E-state index contributed by atoms with van der Waals surface area (Å²) in [4.78, 5) is 26.9. The van der Waals surface area contributed by atoms with Crippen molar-refractivity contribution in [3.8, 4) is 11.5 Å². The van der Waals surface area contributed by atoms with Crippen molar-refractivity contribution in [2.24, 2.45) is 0 Å². The smallest absolute Gasteiger partial charge is 0.261 e. The van der Waals surface area contributed by atoms with Crippen LogP contribution in [0.1, 0.15) is 50.6 Å². The van der Waals surface area contributed by atoms with Crippen LogP contribution in [0, 0.1) is 0 Å². The van der Waals surface area contributed by atoms with Gasteiger partial charge >= 0.3 is 0 Å². The van der Waals surface area contributed by atoms with Gasteiger partial charge < -0.3 is 4.74 Å². The number of hydrogen-bond donors (Lipinski definition) is 0. The molecule has 3 aromatic rings. The van der Waals surface area contributed by atoms with Crippen LogP contribution >= 0.6 is 0 Å². The van der Waals surface area contributed by atoms with Crippen LogP contribution in [0.15, 0.2) is 72.8 Å². The molecule has 3 aromatic carbocycles. The first-order valence-corrected chi connectivity index (χ1v) is 10.0. The number of imide groups is 1. The third-order valence-corrected chi connectivity index (χ3v) is 5.81. The highest BCUT2D eigenvalue weighted by Crippen LogP contribution is 2.36. The Labute approximate surface area is 169 Å². The Morgan fingerprint density at radius 2 is 1.52 bits per heavy atom. The van der Waals surface area contributed by atoms with Crippen LogP contribution in [0.5, 0.6) is 11.5 Å². The van der Waals surface area contributed by atoms with Gasteiger partial charge in [-0.05, 0) is 66.8 Å². The van der Waals surface area contributed by atoms with Gasteiger partial charge in [0.1, 0.15) is 11.5 Å². The standard InChI is InChI=1S/C25H21NO3/c27-24-22-11-4-5-12-23(22)25(28)26(24)16-18-8-6-7-17-15-20(13-14-21(17)18)29-19-9-2-1-3-10-19/h1-5,9-15,18H,6-8,16H2. The zero-order valence-corrected chi connectivity index (χ0v) is 16.0. The fourth-order valence-corrected chi connectivity index (χ4v) is 4.39. The second kappa shape index (κ2) is 7.21. The molecule has 2 aliphatic rings. The van der Waals surface area contributed by atoms with Gasteiger partial charge in [0, 0.05) is 12.5 Å². The normalized spacial score (nSPS) is 17.8. The SMILES string of the molecule is O=C1c2ccccc2C(=O)N1CC1CCCc2cc(Oc3ccccc3)ccc21. The minimum absolute atomic E-state index is 0.159. The summed E-state index contributed by atoms with van der Waals surface area (Å²) in [6, 6.07) is 23.0. The van der Waals surface area contributed by atoms with Crippen molar-refractivity contribution >= 4 is 11.8 Å². The van der Waals surface area contributed by atoms with E-state index in [1.54, 1.807) is 24.3 Å². The van der Waals surface area contributed by atoms with Gasteiger partial charge in [-0.1, -0.05) is 36.4 Å². The molecule has 0 bridgehead atoms. The third-order valence-electron chi connectivity index (χ3n) is 5.81. The lowest BCUT2D eigenvalue weighted by atomic mass is 9.82. The van der Waals surface area contributed by atoms with Gasteiger partial charge in [0.05, 0.1) is 11.1 Å². The molecule has 1 aliphatic heterocycles. The number of amides is 2. The molecule has 0 aromatic heterocycles. The molecular weight excluding hydrogens is 362 g/mol. The second-order valence-electron chi connectivity index (χ2n) is 7.63. The van der Waals surface area contributed by atoms with E-state index >= 15 is 0 Å². The van der Waals surface area contributed by atoms with Gasteiger partial charge in [0.2, 0.25) is 0 Å². The van der Waals surface area contributed by atoms with Crippen molar-refractivity contribution in [2.45, 2.75) is 25.2 Å². The summed E-state index contributed by atoms with van der Waals surface area (Å²) >= 11 is 0. The number of para-hydroxylation sites is 1. The van der Waals surface area contributed by atoms with Crippen molar-refractivity contribution in [1.29, 1.82) is 0 Å². The van der Waals surface area contributed by atoms with Crippen LogP contribution < -0.4 is 4.74 Å². The average Bonchev–Trinajstić information content (AvgIpc) is 3.00. The van der Waals surface area contributed by atoms with E-state index in [1.807, 2.05) is 36.4 Å². The maximum Gasteiger partial charge on any atom is 0.261 e. The summed E-state index contributed by atoms with van der Waals surface area (Å²) in [5.41, 5.74) is 3.49. The van der Waals surface area contributed by atoms with Crippen molar-refractivity contribution in [3.05, 3.63) is 95.1 Å². The van der Waals surface area contributed by atoms with Crippen molar-refractivity contribution in [3.63, 3.8) is 0 Å². The maximum atomic E-state index is 12.7. The monoisotopic (exact) mass is 383 g/mol. The van der Waals surface area contributed by atoms with Gasteiger partial charge in [-0.3, -0.25) is 14.5 Å². The number of ether oxygens (including phenoxy) is 1. The third kappa shape index (κ3) is 3.21. The van der Waals surface area contributed by atoms with Crippen molar-refractivity contribution in [1.82, 2.24) is 4.90 Å². The largest absolute Gasteiger partial charge is 0.457 e. The molecule has 1 atom stereocenters. The molecule has 144 valence electrons. The zero-order chi connectivity index (χ0) is 19.8. The number of benzene rings is 3. The van der Waals surface area contributed by atoms with Crippen LogP contribution in [0.3, 0.4) is 0 Å². The molecule has 0 fully saturated rings. The molecule has 0 saturated carbocycles. The fourth-order valence-electron chi connectivity index (χ4n) is 4.39. The number of aryl methyl sites for hydroxylation is 1. The van der Waals surface area contributed by atoms with E-state index in [0.29, 0.717) is 17.7 Å². The van der Waals surface area contributed by atoms with Gasteiger partial charge in [-0.2, -0.15) is 0 Å². The Hall–Kier alpha value is -3.40. The lowest BCUT2D eigenvalue weighted by Gasteiger charge is -2.29. The number of carbonyl (C=O) groups excluding carboxylic acids is 2. The van der Waals surface area contributed by atoms with Crippen molar-refractivity contribution in [2.75, 3.05) is 6.54 Å². The van der Waals surface area contributed by atoms with Crippen LogP contribution in [0.25, 0.3) is 0 Å². The van der Waals surface area contributed by atoms with Crippen LogP contribution in [0.2, 0.25) is 0 Å². The summed E-state index contributed by atoms with van der Waals surface area (Å²) in [7, 11) is 0. The number of nitrogens with zero attached hydrogens (tertiary/aromatic N) is 1. The summed E-state index contributed by atoms with van der Waals surface area (Å²) in [5, 5.41) is 0. The topological polar surface area (TPSA) is 46.6 Å². The molecule has 0 radical (unpaired) electrons. The average molecular weight is 383 g/mol. The minimum Gasteiger partial charge on any atom is -0.457 e. The lowest BCUT2D eigenvalue weighted by Crippen LogP contribution is -2.34. The van der Waals surface area contributed by atoms with Crippen LogP contribution in [0.4, 0.5) is 0 Å². The second-order valence-corrected chi connectivity index (χ2v) is 7.63. The fraction of sp³-hybridized carbons (Fsp3) is 0.200. The Morgan fingerprint density at radius 3 is 2.24 bits per heavy atom. The van der Waals surface area contributed by atoms with E-state index < -0.39 is 0 Å². The molecule has 5 rings (SSSR count). The summed E-state index contributed by atoms with van der Waals surface area (Å²) in [5.74, 6) is 1.43. The summed E-state index contributed by atoms with van der Waals surface area (Å²) in [6.07, 6.45) is 2.99. The molecule has 4 nitrogen and oxygen atoms in total. The van der Waals surface area contributed by atoms with E-state index in [1.165, 1.54) is 16.0 Å². The van der Waals surface area contributed by atoms with Crippen LogP contribution in [-0.4, -0.2) is 23.3 Å². The first-order valence-electron chi connectivity index (χ1n) is 10.0. The maximum absolute atomic E-state index is 12.7. The predicted molar refractivity (Wildman–Crippen MR) is 110 cm³/mol. The van der Waals surface area contributed by atoms with Crippen molar-refractivity contribution < 1.29 is 14.3 Å². The molecule has 2 amide bonds. The molecule has 0 saturated heterocycles. The molecule has 0 spiro atoms. The van der Waals surface area contributed by atoms with Crippen LogP contribution in [-0.2, 0) is 6.42 Å². The van der Waals surface area contributed by atoms with Gasteiger partial charge in [0.15, 0.2) is 0 Å². The molecule has 29 heavy (non-hydrogen) atoms. The Balaban J connectivity index is 1.38. The lowest BCUT2D eigenvalue weighted by molar-refractivity contribution is 0.0641. The van der Waals surface area contributed by atoms with Gasteiger partial charge in [-0.15, -0.1) is 0 Å². The minimum atomic E-state index is -0.179. The predicted octanol–water partition coefficient (Wildman–Crippen LogP) is 5.20. The number of fused-ring (bicyclic) bond motifs is 2. The highest BCUT2D eigenvalue weighted by molar-refractivity contribution is 6.21. The highest BCUT2D eigenvalue weighted by Gasteiger charge is 2.37. The van der Waals surface area contributed by atoms with Gasteiger partial charge in [-0.25, -0.2) is 0 Å². The van der Waals surface area contributed by atoms with Gasteiger partial charge in [0.25, 0.3) is 11.8 Å². The summed E-state index contributed by atoms with van der Waals surface area (Å²) < 4.78 is 5.97. The number of rotatable bonds is 4. The molecule has 1 unspecified atom stereocenters. The number of carbonyl (C=O) groups is 2. The number of hydrogen-bond acceptors (Lipinski definition) is 3. The Morgan fingerprint density at radius 1 is 0.828 bits per heavy atom. The van der Waals surface area contributed by atoms with E-state index in [9.17, 15) is 9.59 Å². The zero-order valence-electron chi connectivity index (χ0n) is 16.0. The Bertz CT molecular complexity index is 1060. The molecule has 4 heteroatoms. The van der Waals surface area contributed by atoms with E-state index in [0.717, 1.165) is 30.8 Å². The first-order chi connectivity index (χ1) is 14.2. The summed E-state index contributed by atoms with van der Waals surface area (Å²) in [6.45, 7) is 0.429. The van der Waals surface area contributed by atoms with E-state index in [4.69, 9.17) is 4.74 Å². The molecular formula is C25H21NO3. The molecule has 1 heterocycles. The molecule has 1 aliphatic carbocycles.